The molecule has 0 unspecified atom stereocenters. The monoisotopic (exact) mass is 348 g/mol. The fourth-order valence-electron chi connectivity index (χ4n) is 4.88. The van der Waals surface area contributed by atoms with Gasteiger partial charge in [-0.15, -0.1) is 0 Å². The van der Waals surface area contributed by atoms with Gasteiger partial charge in [-0.05, 0) is 69.7 Å². The molecule has 0 aromatic rings. The zero-order chi connectivity index (χ0) is 17.3. The summed E-state index contributed by atoms with van der Waals surface area (Å²) in [6.45, 7) is 1.86. The second-order valence-electron chi connectivity index (χ2n) is 8.77. The molecule has 3 aliphatic rings. The number of nitrogens with one attached hydrogen (secondary N) is 2. The molecule has 3 aliphatic carbocycles. The summed E-state index contributed by atoms with van der Waals surface area (Å²) in [5.41, 5.74) is 5.83. The lowest BCUT2D eigenvalue weighted by Crippen LogP contribution is -2.48. The Hall–Kier alpha value is -0.770. The molecule has 4 nitrogen and oxygen atoms in total. The highest BCUT2D eigenvalue weighted by Crippen LogP contribution is 2.28. The minimum Gasteiger partial charge on any atom is -0.354 e. The summed E-state index contributed by atoms with van der Waals surface area (Å²) in [7, 11) is 0. The molecule has 0 bridgehead atoms. The molecule has 0 atom stereocenters. The van der Waals surface area contributed by atoms with Crippen LogP contribution in [0.25, 0.3) is 0 Å². The van der Waals surface area contributed by atoms with Crippen LogP contribution in [0.2, 0.25) is 0 Å². The highest BCUT2D eigenvalue weighted by atomic mass is 15.2. The topological polar surface area (TPSA) is 62.4 Å². The van der Waals surface area contributed by atoms with E-state index < -0.39 is 0 Å². The number of rotatable bonds is 5. The second kappa shape index (κ2) is 10.4. The van der Waals surface area contributed by atoms with Crippen molar-refractivity contribution in [3.63, 3.8) is 0 Å². The SMILES string of the molecule is NCC1CCC(CN=C(NC2CCCCC2)NC2CCCCC2)CC1. The molecule has 0 aromatic heterocycles. The van der Waals surface area contributed by atoms with Gasteiger partial charge >= 0.3 is 0 Å². The molecule has 0 heterocycles. The Morgan fingerprint density at radius 1 is 0.680 bits per heavy atom. The molecule has 0 aliphatic heterocycles. The van der Waals surface area contributed by atoms with Gasteiger partial charge in [0.25, 0.3) is 0 Å². The molecule has 0 amide bonds. The molecular weight excluding hydrogens is 308 g/mol. The third-order valence-electron chi connectivity index (χ3n) is 6.70. The van der Waals surface area contributed by atoms with Gasteiger partial charge in [-0.3, -0.25) is 4.99 Å². The average molecular weight is 349 g/mol. The summed E-state index contributed by atoms with van der Waals surface area (Å²) >= 11 is 0. The summed E-state index contributed by atoms with van der Waals surface area (Å²) in [4.78, 5) is 5.05. The van der Waals surface area contributed by atoms with Crippen LogP contribution in [0.1, 0.15) is 89.9 Å². The van der Waals surface area contributed by atoms with Crippen LogP contribution >= 0.6 is 0 Å². The molecule has 4 N–H and O–H groups in total. The molecule has 3 saturated carbocycles. The van der Waals surface area contributed by atoms with Gasteiger partial charge in [-0.1, -0.05) is 38.5 Å². The van der Waals surface area contributed by atoms with E-state index in [1.165, 1.54) is 89.9 Å². The average Bonchev–Trinajstić information content (AvgIpc) is 2.68. The lowest BCUT2D eigenvalue weighted by Gasteiger charge is -2.30. The van der Waals surface area contributed by atoms with Crippen LogP contribution < -0.4 is 16.4 Å². The number of guanidine groups is 1. The highest BCUT2D eigenvalue weighted by molar-refractivity contribution is 5.80. The van der Waals surface area contributed by atoms with Gasteiger partial charge in [0.1, 0.15) is 0 Å². The van der Waals surface area contributed by atoms with Crippen molar-refractivity contribution >= 4 is 5.96 Å². The van der Waals surface area contributed by atoms with Crippen molar-refractivity contribution in [3.8, 4) is 0 Å². The third kappa shape index (κ3) is 6.47. The maximum absolute atomic E-state index is 5.83. The Labute approximate surface area is 154 Å². The van der Waals surface area contributed by atoms with E-state index in [1.54, 1.807) is 0 Å². The van der Waals surface area contributed by atoms with E-state index in [4.69, 9.17) is 10.7 Å². The fraction of sp³-hybridized carbons (Fsp3) is 0.952. The van der Waals surface area contributed by atoms with Crippen LogP contribution in [0.15, 0.2) is 4.99 Å². The molecule has 0 aromatic carbocycles. The largest absolute Gasteiger partial charge is 0.354 e. The van der Waals surface area contributed by atoms with Crippen LogP contribution in [0.5, 0.6) is 0 Å². The predicted octanol–water partition coefficient (Wildman–Crippen LogP) is 3.95. The van der Waals surface area contributed by atoms with Crippen LogP contribution in [0, 0.1) is 11.8 Å². The van der Waals surface area contributed by atoms with Crippen LogP contribution in [-0.2, 0) is 0 Å². The van der Waals surface area contributed by atoms with Crippen molar-refractivity contribution in [1.29, 1.82) is 0 Å². The molecule has 144 valence electrons. The lowest BCUT2D eigenvalue weighted by molar-refractivity contribution is 0.285. The molecule has 25 heavy (non-hydrogen) atoms. The summed E-state index contributed by atoms with van der Waals surface area (Å²) in [6, 6.07) is 1.27. The van der Waals surface area contributed by atoms with E-state index in [-0.39, 0.29) is 0 Å². The standard InChI is InChI=1S/C21H40N4/c22-15-17-11-13-18(14-12-17)16-23-21(24-19-7-3-1-4-8-19)25-20-9-5-2-6-10-20/h17-20H,1-16,22H2,(H2,23,24,25). The van der Waals surface area contributed by atoms with Gasteiger partial charge in [0, 0.05) is 18.6 Å². The predicted molar refractivity (Wildman–Crippen MR) is 107 cm³/mol. The number of nitrogens with zero attached hydrogens (tertiary/aromatic N) is 1. The van der Waals surface area contributed by atoms with Crippen LogP contribution in [-0.4, -0.2) is 31.1 Å². The summed E-state index contributed by atoms with van der Waals surface area (Å²) in [6.07, 6.45) is 18.8. The highest BCUT2D eigenvalue weighted by Gasteiger charge is 2.22. The minimum atomic E-state index is 0.636. The van der Waals surface area contributed by atoms with Crippen molar-refractivity contribution in [2.45, 2.75) is 102 Å². The Morgan fingerprint density at radius 2 is 1.16 bits per heavy atom. The normalized spacial score (nSPS) is 29.2. The maximum Gasteiger partial charge on any atom is 0.191 e. The Kier molecular flexibility index (Phi) is 7.90. The smallest absolute Gasteiger partial charge is 0.191 e. The van der Waals surface area contributed by atoms with E-state index in [9.17, 15) is 0 Å². The fourth-order valence-corrected chi connectivity index (χ4v) is 4.88. The first-order valence-corrected chi connectivity index (χ1v) is 11.1. The van der Waals surface area contributed by atoms with Gasteiger partial charge < -0.3 is 16.4 Å². The molecular formula is C21H40N4. The maximum atomic E-state index is 5.83. The van der Waals surface area contributed by atoms with Crippen molar-refractivity contribution in [1.82, 2.24) is 10.6 Å². The molecule has 0 saturated heterocycles. The minimum absolute atomic E-state index is 0.636. The Balaban J connectivity index is 1.52. The van der Waals surface area contributed by atoms with E-state index in [0.29, 0.717) is 12.1 Å². The molecule has 0 radical (unpaired) electrons. The van der Waals surface area contributed by atoms with Gasteiger partial charge in [-0.2, -0.15) is 0 Å². The van der Waals surface area contributed by atoms with Gasteiger partial charge in [-0.25, -0.2) is 0 Å². The number of nitrogens with two attached hydrogens (primary N) is 1. The van der Waals surface area contributed by atoms with Crippen molar-refractivity contribution < 1.29 is 0 Å². The van der Waals surface area contributed by atoms with E-state index in [0.717, 1.165) is 30.9 Å². The molecule has 3 fully saturated rings. The second-order valence-corrected chi connectivity index (χ2v) is 8.77. The van der Waals surface area contributed by atoms with E-state index in [2.05, 4.69) is 10.6 Å². The van der Waals surface area contributed by atoms with Crippen LogP contribution in [0.3, 0.4) is 0 Å². The number of hydrogen-bond acceptors (Lipinski definition) is 2. The van der Waals surface area contributed by atoms with Crippen LogP contribution in [0.4, 0.5) is 0 Å². The number of hydrogen-bond donors (Lipinski definition) is 3. The van der Waals surface area contributed by atoms with Crippen molar-refractivity contribution in [2.75, 3.05) is 13.1 Å². The van der Waals surface area contributed by atoms with Crippen molar-refractivity contribution in [3.05, 3.63) is 0 Å². The van der Waals surface area contributed by atoms with Crippen molar-refractivity contribution in [2.24, 2.45) is 22.6 Å². The first kappa shape index (κ1) is 19.0. The lowest BCUT2D eigenvalue weighted by atomic mass is 9.82. The third-order valence-corrected chi connectivity index (χ3v) is 6.70. The molecule has 3 rings (SSSR count). The number of aliphatic imine (C=N–C) groups is 1. The Bertz CT molecular complexity index is 367. The quantitative estimate of drug-likeness (QED) is 0.521. The molecule has 0 spiro atoms. The zero-order valence-electron chi connectivity index (χ0n) is 16.1. The molecule has 4 heteroatoms. The van der Waals surface area contributed by atoms with Gasteiger partial charge in [0.2, 0.25) is 0 Å². The zero-order valence-corrected chi connectivity index (χ0v) is 16.1. The summed E-state index contributed by atoms with van der Waals surface area (Å²) < 4.78 is 0. The summed E-state index contributed by atoms with van der Waals surface area (Å²) in [5.74, 6) is 2.64. The van der Waals surface area contributed by atoms with Gasteiger partial charge in [0.05, 0.1) is 0 Å². The first-order chi connectivity index (χ1) is 12.3. The van der Waals surface area contributed by atoms with E-state index in [1.807, 2.05) is 0 Å². The van der Waals surface area contributed by atoms with E-state index >= 15 is 0 Å². The Morgan fingerprint density at radius 3 is 1.64 bits per heavy atom. The summed E-state index contributed by atoms with van der Waals surface area (Å²) in [5, 5.41) is 7.56. The first-order valence-electron chi connectivity index (χ1n) is 11.1. The van der Waals surface area contributed by atoms with Gasteiger partial charge in [0.15, 0.2) is 5.96 Å².